The van der Waals surface area contributed by atoms with E-state index in [4.69, 9.17) is 0 Å². The number of aromatic nitrogens is 2. The largest absolute Gasteiger partial charge is 0.328 e. The molecule has 1 aromatic carbocycles. The lowest BCUT2D eigenvalue weighted by Gasteiger charge is -2.07. The van der Waals surface area contributed by atoms with Gasteiger partial charge in [0.25, 0.3) is 5.56 Å². The van der Waals surface area contributed by atoms with Crippen molar-refractivity contribution in [3.63, 3.8) is 0 Å². The molecule has 0 amide bonds. The van der Waals surface area contributed by atoms with E-state index >= 15 is 0 Å². The van der Waals surface area contributed by atoms with Crippen LogP contribution in [-0.4, -0.2) is 9.55 Å². The van der Waals surface area contributed by atoms with Gasteiger partial charge in [0.2, 0.25) is 0 Å². The second-order valence-electron chi connectivity index (χ2n) is 3.60. The van der Waals surface area contributed by atoms with Gasteiger partial charge < -0.3 is 0 Å². The molecular weight excluding hydrogens is 371 g/mol. The molecule has 0 fully saturated rings. The minimum Gasteiger partial charge on any atom is -0.295 e. The van der Waals surface area contributed by atoms with Crippen LogP contribution < -0.4 is 11.2 Å². The van der Waals surface area contributed by atoms with E-state index in [-0.39, 0.29) is 11.0 Å². The molecule has 0 aliphatic carbocycles. The fraction of sp³-hybridized carbons (Fsp3) is 0.0909. The number of halogens is 3. The first-order valence-corrected chi connectivity index (χ1v) is 6.49. The first-order valence-electron chi connectivity index (χ1n) is 4.90. The zero-order valence-electron chi connectivity index (χ0n) is 8.91. The quantitative estimate of drug-likeness (QED) is 0.872. The summed E-state index contributed by atoms with van der Waals surface area (Å²) in [7, 11) is 0. The van der Waals surface area contributed by atoms with Gasteiger partial charge in [-0.05, 0) is 28.1 Å². The number of benzene rings is 1. The predicted molar refractivity (Wildman–Crippen MR) is 72.2 cm³/mol. The van der Waals surface area contributed by atoms with E-state index in [9.17, 15) is 14.0 Å². The summed E-state index contributed by atoms with van der Waals surface area (Å²) in [4.78, 5) is 24.8. The number of H-pyrrole nitrogens is 1. The first-order chi connectivity index (χ1) is 8.47. The van der Waals surface area contributed by atoms with Gasteiger partial charge in [-0.25, -0.2) is 9.18 Å². The molecule has 7 heteroatoms. The zero-order valence-corrected chi connectivity index (χ0v) is 12.1. The third kappa shape index (κ3) is 2.78. The van der Waals surface area contributed by atoms with E-state index in [1.54, 1.807) is 12.1 Å². The van der Waals surface area contributed by atoms with E-state index in [0.717, 1.165) is 0 Å². The van der Waals surface area contributed by atoms with Crippen molar-refractivity contribution in [3.8, 4) is 0 Å². The van der Waals surface area contributed by atoms with Gasteiger partial charge in [-0.1, -0.05) is 22.0 Å². The lowest BCUT2D eigenvalue weighted by atomic mass is 10.2. The van der Waals surface area contributed by atoms with Crippen LogP contribution >= 0.6 is 31.9 Å². The van der Waals surface area contributed by atoms with E-state index in [2.05, 4.69) is 36.8 Å². The highest BCUT2D eigenvalue weighted by atomic mass is 79.9. The summed E-state index contributed by atoms with van der Waals surface area (Å²) in [5.41, 5.74) is -0.725. The molecule has 1 N–H and O–H groups in total. The van der Waals surface area contributed by atoms with Crippen LogP contribution in [0.15, 0.2) is 42.9 Å². The molecule has 94 valence electrons. The van der Waals surface area contributed by atoms with E-state index in [1.165, 1.54) is 16.8 Å². The second-order valence-corrected chi connectivity index (χ2v) is 5.37. The van der Waals surface area contributed by atoms with Gasteiger partial charge in [-0.3, -0.25) is 14.3 Å². The Labute approximate surface area is 118 Å². The topological polar surface area (TPSA) is 54.9 Å². The fourth-order valence-electron chi connectivity index (χ4n) is 1.43. The van der Waals surface area contributed by atoms with Crippen LogP contribution in [0, 0.1) is 5.82 Å². The Morgan fingerprint density at radius 3 is 2.67 bits per heavy atom. The van der Waals surface area contributed by atoms with Crippen molar-refractivity contribution < 1.29 is 4.39 Å². The summed E-state index contributed by atoms with van der Waals surface area (Å²) in [6.45, 7) is 0.0489. The lowest BCUT2D eigenvalue weighted by molar-refractivity contribution is 0.591. The van der Waals surface area contributed by atoms with Crippen molar-refractivity contribution in [1.82, 2.24) is 9.55 Å². The number of aromatic amines is 1. The third-order valence-electron chi connectivity index (χ3n) is 2.32. The highest BCUT2D eigenvalue weighted by Crippen LogP contribution is 2.15. The molecule has 2 aromatic rings. The van der Waals surface area contributed by atoms with Crippen LogP contribution in [0.3, 0.4) is 0 Å². The summed E-state index contributed by atoms with van der Waals surface area (Å²) < 4.78 is 15.7. The van der Waals surface area contributed by atoms with Crippen LogP contribution in [0.25, 0.3) is 0 Å². The molecule has 0 saturated carbocycles. The molecule has 0 aliphatic heterocycles. The standard InChI is InChI=1S/C11H7Br2FN2O2/c12-7-2-1-6(9(14)3-7)4-16-5-8(13)10(17)15-11(16)18/h1-3,5H,4H2,(H,15,17,18). The Morgan fingerprint density at radius 1 is 1.28 bits per heavy atom. The van der Waals surface area contributed by atoms with Crippen molar-refractivity contribution in [2.45, 2.75) is 6.54 Å². The van der Waals surface area contributed by atoms with Crippen LogP contribution in [-0.2, 0) is 6.54 Å². The Bertz CT molecular complexity index is 709. The molecule has 0 radical (unpaired) electrons. The van der Waals surface area contributed by atoms with Crippen molar-refractivity contribution in [2.24, 2.45) is 0 Å². The fourth-order valence-corrected chi connectivity index (χ4v) is 2.11. The molecule has 2 rings (SSSR count). The number of hydrogen-bond acceptors (Lipinski definition) is 2. The predicted octanol–water partition coefficient (Wildman–Crippen LogP) is 2.25. The molecule has 0 saturated heterocycles. The number of nitrogens with zero attached hydrogens (tertiary/aromatic N) is 1. The Morgan fingerprint density at radius 2 is 2.00 bits per heavy atom. The van der Waals surface area contributed by atoms with Gasteiger partial charge in [0.1, 0.15) is 5.82 Å². The average molecular weight is 378 g/mol. The van der Waals surface area contributed by atoms with E-state index in [0.29, 0.717) is 10.0 Å². The molecule has 1 heterocycles. The Hall–Kier alpha value is -1.21. The first kappa shape index (κ1) is 13.2. The molecule has 0 spiro atoms. The van der Waals surface area contributed by atoms with E-state index in [1.807, 2.05) is 0 Å². The van der Waals surface area contributed by atoms with Crippen LogP contribution in [0.5, 0.6) is 0 Å². The average Bonchev–Trinajstić information content (AvgIpc) is 2.29. The number of rotatable bonds is 2. The maximum atomic E-state index is 13.6. The van der Waals surface area contributed by atoms with Gasteiger partial charge in [-0.15, -0.1) is 0 Å². The molecule has 0 unspecified atom stereocenters. The summed E-state index contributed by atoms with van der Waals surface area (Å²) >= 11 is 6.17. The Balaban J connectivity index is 2.43. The van der Waals surface area contributed by atoms with Gasteiger partial charge in [0.15, 0.2) is 0 Å². The SMILES string of the molecule is O=c1[nH]c(=O)n(Cc2ccc(Br)cc2F)cc1Br. The van der Waals surface area contributed by atoms with Gasteiger partial charge in [0, 0.05) is 16.2 Å². The summed E-state index contributed by atoms with van der Waals surface area (Å²) in [6, 6.07) is 4.58. The highest BCUT2D eigenvalue weighted by molar-refractivity contribution is 9.10. The van der Waals surface area contributed by atoms with Gasteiger partial charge in [-0.2, -0.15) is 0 Å². The smallest absolute Gasteiger partial charge is 0.295 e. The maximum Gasteiger partial charge on any atom is 0.328 e. The van der Waals surface area contributed by atoms with Crippen LogP contribution in [0.4, 0.5) is 4.39 Å². The molecule has 0 aliphatic rings. The monoisotopic (exact) mass is 376 g/mol. The molecule has 0 bridgehead atoms. The molecule has 18 heavy (non-hydrogen) atoms. The molecule has 4 nitrogen and oxygen atoms in total. The summed E-state index contributed by atoms with van der Waals surface area (Å²) in [6.07, 6.45) is 1.34. The maximum absolute atomic E-state index is 13.6. The van der Waals surface area contributed by atoms with Crippen molar-refractivity contribution in [3.05, 3.63) is 65.6 Å². The zero-order chi connectivity index (χ0) is 13.3. The van der Waals surface area contributed by atoms with Gasteiger partial charge >= 0.3 is 5.69 Å². The second kappa shape index (κ2) is 5.19. The summed E-state index contributed by atoms with van der Waals surface area (Å²) in [5.74, 6) is -0.418. The molecule has 0 atom stereocenters. The van der Waals surface area contributed by atoms with Crippen molar-refractivity contribution in [2.75, 3.05) is 0 Å². The van der Waals surface area contributed by atoms with Crippen molar-refractivity contribution >= 4 is 31.9 Å². The third-order valence-corrected chi connectivity index (χ3v) is 3.38. The lowest BCUT2D eigenvalue weighted by Crippen LogP contribution is -2.30. The Kier molecular flexibility index (Phi) is 3.82. The minimum absolute atomic E-state index is 0.0489. The van der Waals surface area contributed by atoms with Crippen LogP contribution in [0.1, 0.15) is 5.56 Å². The van der Waals surface area contributed by atoms with Crippen LogP contribution in [0.2, 0.25) is 0 Å². The molecule has 1 aromatic heterocycles. The normalized spacial score (nSPS) is 10.6. The number of hydrogen-bond donors (Lipinski definition) is 1. The van der Waals surface area contributed by atoms with E-state index < -0.39 is 17.1 Å². The minimum atomic E-state index is -0.578. The van der Waals surface area contributed by atoms with Gasteiger partial charge in [0.05, 0.1) is 11.0 Å². The van der Waals surface area contributed by atoms with Crippen molar-refractivity contribution in [1.29, 1.82) is 0 Å². The molecular formula is C11H7Br2FN2O2. The highest BCUT2D eigenvalue weighted by Gasteiger charge is 2.07. The summed E-state index contributed by atoms with van der Waals surface area (Å²) in [5, 5.41) is 0. The number of nitrogens with one attached hydrogen (secondary N) is 1.